The molecule has 2 aliphatic heterocycles. The van der Waals surface area contributed by atoms with Crippen molar-refractivity contribution in [3.05, 3.63) is 24.0 Å². The van der Waals surface area contributed by atoms with Gasteiger partial charge in [0.05, 0.1) is 24.8 Å². The van der Waals surface area contributed by atoms with E-state index in [-0.39, 0.29) is 42.0 Å². The smallest absolute Gasteiger partial charge is 0.247 e. The van der Waals surface area contributed by atoms with Crippen molar-refractivity contribution in [3.8, 4) is 5.75 Å². The fraction of sp³-hybridized carbons (Fsp3) is 0.636. The lowest BCUT2D eigenvalue weighted by Crippen LogP contribution is -2.47. The summed E-state index contributed by atoms with van der Waals surface area (Å²) in [5.74, 6) is -0.451. The maximum atomic E-state index is 14.0. The van der Waals surface area contributed by atoms with Gasteiger partial charge >= 0.3 is 0 Å². The normalized spacial score (nSPS) is 24.5. The zero-order valence-electron chi connectivity index (χ0n) is 18.2. The molecular formula is C22H32ClFN4O3. The van der Waals surface area contributed by atoms with Crippen molar-refractivity contribution in [2.24, 2.45) is 5.92 Å². The van der Waals surface area contributed by atoms with Crippen LogP contribution in [0.5, 0.6) is 5.75 Å². The number of methoxy groups -OCH3 is 1. The predicted octanol–water partition coefficient (Wildman–Crippen LogP) is 1.89. The van der Waals surface area contributed by atoms with Gasteiger partial charge in [-0.15, -0.1) is 12.4 Å². The van der Waals surface area contributed by atoms with E-state index in [1.807, 2.05) is 13.0 Å². The Labute approximate surface area is 189 Å². The highest BCUT2D eigenvalue weighted by atomic mass is 35.5. The molecule has 31 heavy (non-hydrogen) atoms. The number of para-hydroxylation sites is 1. The summed E-state index contributed by atoms with van der Waals surface area (Å²) in [5, 5.41) is 3.32. The Morgan fingerprint density at radius 2 is 1.81 bits per heavy atom. The second kappa shape index (κ2) is 10.1. The first-order valence-electron chi connectivity index (χ1n) is 10.9. The molecule has 172 valence electrons. The average Bonchev–Trinajstić information content (AvgIpc) is 3.55. The number of amides is 2. The van der Waals surface area contributed by atoms with Gasteiger partial charge in [0.25, 0.3) is 0 Å². The highest BCUT2D eigenvalue weighted by Gasteiger charge is 2.46. The number of anilines is 1. The first-order valence-corrected chi connectivity index (χ1v) is 10.9. The number of hydrogen-bond donors (Lipinski definition) is 1. The molecule has 1 saturated carbocycles. The minimum absolute atomic E-state index is 0. The Kier molecular flexibility index (Phi) is 7.78. The summed E-state index contributed by atoms with van der Waals surface area (Å²) in [4.78, 5) is 31.1. The summed E-state index contributed by atoms with van der Waals surface area (Å²) in [7, 11) is 1.49. The second-order valence-corrected chi connectivity index (χ2v) is 8.51. The van der Waals surface area contributed by atoms with Crippen LogP contribution in [-0.2, 0) is 9.59 Å². The van der Waals surface area contributed by atoms with E-state index < -0.39 is 0 Å². The van der Waals surface area contributed by atoms with Gasteiger partial charge in [0.1, 0.15) is 0 Å². The predicted molar refractivity (Wildman–Crippen MR) is 119 cm³/mol. The molecule has 0 bridgehead atoms. The molecule has 3 fully saturated rings. The van der Waals surface area contributed by atoms with Crippen molar-refractivity contribution in [2.75, 3.05) is 51.3 Å². The third-order valence-corrected chi connectivity index (χ3v) is 6.40. The van der Waals surface area contributed by atoms with Gasteiger partial charge in [0.15, 0.2) is 11.6 Å². The summed E-state index contributed by atoms with van der Waals surface area (Å²) in [5.41, 5.74) is 0.786. The maximum Gasteiger partial charge on any atom is 0.247 e. The summed E-state index contributed by atoms with van der Waals surface area (Å²) in [6.07, 6.45) is 2.96. The first kappa shape index (κ1) is 23.8. The number of hydrogen-bond acceptors (Lipinski definition) is 6. The third-order valence-electron chi connectivity index (χ3n) is 6.40. The number of rotatable bonds is 8. The molecule has 0 aromatic heterocycles. The van der Waals surface area contributed by atoms with Crippen LogP contribution in [0.3, 0.4) is 0 Å². The molecule has 7 nitrogen and oxygen atoms in total. The fourth-order valence-corrected chi connectivity index (χ4v) is 4.43. The minimum Gasteiger partial charge on any atom is -0.492 e. The van der Waals surface area contributed by atoms with Crippen LogP contribution >= 0.6 is 12.4 Å². The number of nitrogens with zero attached hydrogens (tertiary/aromatic N) is 3. The molecule has 1 aliphatic carbocycles. The summed E-state index contributed by atoms with van der Waals surface area (Å²) in [6, 6.07) is 5.05. The van der Waals surface area contributed by atoms with Crippen LogP contribution in [0.1, 0.15) is 26.2 Å². The van der Waals surface area contributed by atoms with Crippen molar-refractivity contribution >= 4 is 29.9 Å². The van der Waals surface area contributed by atoms with Crippen LogP contribution < -0.4 is 15.0 Å². The van der Waals surface area contributed by atoms with Gasteiger partial charge in [0.2, 0.25) is 11.8 Å². The van der Waals surface area contributed by atoms with E-state index in [4.69, 9.17) is 4.74 Å². The van der Waals surface area contributed by atoms with Crippen LogP contribution in [0.15, 0.2) is 18.2 Å². The van der Waals surface area contributed by atoms with Crippen LogP contribution in [0, 0.1) is 11.7 Å². The highest BCUT2D eigenvalue weighted by Crippen LogP contribution is 2.31. The van der Waals surface area contributed by atoms with Crippen LogP contribution in [0.25, 0.3) is 0 Å². The van der Waals surface area contributed by atoms with E-state index in [1.165, 1.54) is 18.1 Å². The van der Waals surface area contributed by atoms with Gasteiger partial charge in [-0.3, -0.25) is 19.4 Å². The van der Waals surface area contributed by atoms with E-state index in [0.717, 1.165) is 57.7 Å². The number of benzene rings is 1. The van der Waals surface area contributed by atoms with Gasteiger partial charge in [-0.2, -0.15) is 0 Å². The van der Waals surface area contributed by atoms with Gasteiger partial charge in [-0.1, -0.05) is 13.0 Å². The molecule has 1 aromatic carbocycles. The van der Waals surface area contributed by atoms with E-state index in [2.05, 4.69) is 15.1 Å². The molecule has 2 atom stereocenters. The molecule has 9 heteroatoms. The first-order chi connectivity index (χ1) is 14.5. The Balaban J connectivity index is 0.00000272. The van der Waals surface area contributed by atoms with Crippen molar-refractivity contribution in [1.82, 2.24) is 15.1 Å². The molecular weight excluding hydrogens is 423 g/mol. The number of nitrogens with one attached hydrogen (secondary N) is 1. The Morgan fingerprint density at radius 1 is 1.10 bits per heavy atom. The number of carbonyl (C=O) groups excluding carboxylic acids is 2. The quantitative estimate of drug-likeness (QED) is 0.605. The SMILES string of the molecule is COc1c(F)cccc1N1CCN(CCCN2C(=O)C(C)C(NC3CC3)C2=O)CC1.Cl. The van der Waals surface area contributed by atoms with Crippen molar-refractivity contribution < 1.29 is 18.7 Å². The Morgan fingerprint density at radius 3 is 2.45 bits per heavy atom. The topological polar surface area (TPSA) is 65.1 Å². The molecule has 3 aliphatic rings. The molecule has 2 saturated heterocycles. The molecule has 2 heterocycles. The van der Waals surface area contributed by atoms with E-state index in [0.29, 0.717) is 18.3 Å². The lowest BCUT2D eigenvalue weighted by Gasteiger charge is -2.36. The lowest BCUT2D eigenvalue weighted by atomic mass is 10.1. The highest BCUT2D eigenvalue weighted by molar-refractivity contribution is 6.06. The summed E-state index contributed by atoms with van der Waals surface area (Å²) < 4.78 is 19.2. The van der Waals surface area contributed by atoms with Crippen LogP contribution in [0.2, 0.25) is 0 Å². The van der Waals surface area contributed by atoms with Crippen molar-refractivity contribution in [1.29, 1.82) is 0 Å². The monoisotopic (exact) mass is 454 g/mol. The number of carbonyl (C=O) groups is 2. The molecule has 0 radical (unpaired) electrons. The van der Waals surface area contributed by atoms with E-state index in [9.17, 15) is 14.0 Å². The van der Waals surface area contributed by atoms with Gasteiger partial charge in [0, 0.05) is 38.8 Å². The summed E-state index contributed by atoms with van der Waals surface area (Å²) in [6.45, 7) is 6.43. The number of halogens is 2. The van der Waals surface area contributed by atoms with E-state index in [1.54, 1.807) is 6.07 Å². The van der Waals surface area contributed by atoms with Crippen molar-refractivity contribution in [2.45, 2.75) is 38.3 Å². The lowest BCUT2D eigenvalue weighted by molar-refractivity contribution is -0.139. The second-order valence-electron chi connectivity index (χ2n) is 8.51. The number of piperazine rings is 1. The standard InChI is InChI=1S/C22H31FN4O3.ClH/c1-15-19(24-16-7-8-16)22(29)27(21(15)28)10-4-9-25-11-13-26(14-12-25)18-6-3-5-17(23)20(18)30-2;/h3,5-6,15-16,19,24H,4,7-14H2,1-2H3;1H. The van der Waals surface area contributed by atoms with Crippen molar-refractivity contribution in [3.63, 3.8) is 0 Å². The Bertz CT molecular complexity index is 799. The fourth-order valence-electron chi connectivity index (χ4n) is 4.43. The zero-order valence-corrected chi connectivity index (χ0v) is 19.0. The number of likely N-dealkylation sites (tertiary alicyclic amines) is 1. The molecule has 4 rings (SSSR count). The molecule has 2 unspecified atom stereocenters. The average molecular weight is 455 g/mol. The largest absolute Gasteiger partial charge is 0.492 e. The number of ether oxygens (including phenoxy) is 1. The number of imide groups is 1. The minimum atomic E-state index is -0.352. The van der Waals surface area contributed by atoms with Gasteiger partial charge < -0.3 is 15.0 Å². The molecule has 1 aromatic rings. The zero-order chi connectivity index (χ0) is 21.3. The van der Waals surface area contributed by atoms with Gasteiger partial charge in [-0.25, -0.2) is 4.39 Å². The maximum absolute atomic E-state index is 14.0. The Hall–Kier alpha value is -1.90. The third kappa shape index (κ3) is 5.13. The molecule has 2 amide bonds. The summed E-state index contributed by atoms with van der Waals surface area (Å²) >= 11 is 0. The molecule has 0 spiro atoms. The molecule has 1 N–H and O–H groups in total. The van der Waals surface area contributed by atoms with Gasteiger partial charge in [-0.05, 0) is 37.9 Å². The van der Waals surface area contributed by atoms with Crippen LogP contribution in [-0.4, -0.2) is 80.1 Å². The van der Waals surface area contributed by atoms with Crippen LogP contribution in [0.4, 0.5) is 10.1 Å². The van der Waals surface area contributed by atoms with E-state index >= 15 is 0 Å².